The molecule has 1 heterocycles. The maximum absolute atomic E-state index is 3.74. The van der Waals surface area contributed by atoms with Crippen LogP contribution in [0.1, 0.15) is 44.2 Å². The van der Waals surface area contributed by atoms with Crippen LogP contribution in [0, 0.1) is 12.8 Å². The number of likely N-dealkylation sites (tertiary alicyclic amines) is 1. The molecule has 1 aliphatic rings. The Labute approximate surface area is 124 Å². The highest BCUT2D eigenvalue weighted by Crippen LogP contribution is 2.22. The minimum atomic E-state index is 0.730. The van der Waals surface area contributed by atoms with Crippen LogP contribution in [0.15, 0.2) is 24.3 Å². The number of piperidine rings is 1. The number of benzene rings is 1. The van der Waals surface area contributed by atoms with Gasteiger partial charge in [-0.05, 0) is 49.9 Å². The molecule has 1 aliphatic heterocycles. The lowest BCUT2D eigenvalue weighted by atomic mass is 9.89. The first-order chi connectivity index (χ1) is 9.74. The van der Waals surface area contributed by atoms with E-state index >= 15 is 0 Å². The van der Waals surface area contributed by atoms with E-state index in [9.17, 15) is 0 Å². The molecule has 1 saturated heterocycles. The van der Waals surface area contributed by atoms with Crippen molar-refractivity contribution in [3.05, 3.63) is 35.4 Å². The molecular weight excluding hydrogens is 244 g/mol. The van der Waals surface area contributed by atoms with Crippen molar-refractivity contribution >= 4 is 0 Å². The van der Waals surface area contributed by atoms with Gasteiger partial charge in [0.05, 0.1) is 0 Å². The second-order valence-corrected chi connectivity index (χ2v) is 6.18. The third kappa shape index (κ3) is 4.07. The fourth-order valence-electron chi connectivity index (χ4n) is 3.29. The third-order valence-electron chi connectivity index (χ3n) is 4.65. The summed E-state index contributed by atoms with van der Waals surface area (Å²) in [5.74, 6) is 0.805. The lowest BCUT2D eigenvalue weighted by Crippen LogP contribution is -2.49. The Balaban J connectivity index is 1.91. The summed E-state index contributed by atoms with van der Waals surface area (Å²) in [6.07, 6.45) is 3.82. The highest BCUT2D eigenvalue weighted by molar-refractivity contribution is 5.25. The average Bonchev–Trinajstić information content (AvgIpc) is 2.48. The van der Waals surface area contributed by atoms with E-state index in [-0.39, 0.29) is 0 Å². The molecule has 2 heteroatoms. The minimum absolute atomic E-state index is 0.730. The summed E-state index contributed by atoms with van der Waals surface area (Å²) in [5, 5.41) is 3.74. The molecule has 0 bridgehead atoms. The molecule has 0 radical (unpaired) electrons. The fraction of sp³-hybridized carbons (Fsp3) is 0.667. The molecule has 112 valence electrons. The van der Waals surface area contributed by atoms with E-state index in [0.29, 0.717) is 0 Å². The molecule has 0 spiro atoms. The van der Waals surface area contributed by atoms with Gasteiger partial charge in [0.2, 0.25) is 0 Å². The van der Waals surface area contributed by atoms with Crippen LogP contribution in [0.25, 0.3) is 0 Å². The van der Waals surface area contributed by atoms with E-state index in [1.54, 1.807) is 0 Å². The van der Waals surface area contributed by atoms with Crippen LogP contribution in [-0.2, 0) is 6.54 Å². The molecule has 0 aliphatic carbocycles. The van der Waals surface area contributed by atoms with Gasteiger partial charge in [-0.1, -0.05) is 44.5 Å². The molecule has 2 rings (SSSR count). The van der Waals surface area contributed by atoms with Crippen LogP contribution in [0.5, 0.6) is 0 Å². The lowest BCUT2D eigenvalue weighted by Gasteiger charge is -2.39. The van der Waals surface area contributed by atoms with Crippen molar-refractivity contribution in [3.8, 4) is 0 Å². The maximum atomic E-state index is 3.74. The Kier molecular flexibility index (Phi) is 6.06. The second kappa shape index (κ2) is 7.80. The molecular formula is C18H30N2. The molecule has 2 nitrogen and oxygen atoms in total. The van der Waals surface area contributed by atoms with Crippen LogP contribution >= 0.6 is 0 Å². The average molecular weight is 274 g/mol. The highest BCUT2D eigenvalue weighted by Gasteiger charge is 2.27. The van der Waals surface area contributed by atoms with Crippen molar-refractivity contribution in [3.63, 3.8) is 0 Å². The minimum Gasteiger partial charge on any atom is -0.314 e. The van der Waals surface area contributed by atoms with Crippen molar-refractivity contribution < 1.29 is 0 Å². The smallest absolute Gasteiger partial charge is 0.0236 e. The van der Waals surface area contributed by atoms with Crippen molar-refractivity contribution in [1.29, 1.82) is 0 Å². The monoisotopic (exact) mass is 274 g/mol. The van der Waals surface area contributed by atoms with Gasteiger partial charge in [-0.2, -0.15) is 0 Å². The summed E-state index contributed by atoms with van der Waals surface area (Å²) in [6.45, 7) is 11.6. The number of nitrogens with one attached hydrogen (secondary N) is 1. The number of rotatable bonds is 6. The van der Waals surface area contributed by atoms with Crippen LogP contribution in [0.4, 0.5) is 0 Å². The zero-order chi connectivity index (χ0) is 14.4. The topological polar surface area (TPSA) is 15.3 Å². The van der Waals surface area contributed by atoms with Gasteiger partial charge < -0.3 is 5.32 Å². The van der Waals surface area contributed by atoms with E-state index in [2.05, 4.69) is 55.3 Å². The molecule has 1 aromatic rings. The molecule has 0 saturated carbocycles. The van der Waals surface area contributed by atoms with Gasteiger partial charge in [0.15, 0.2) is 0 Å². The molecule has 2 atom stereocenters. The Hall–Kier alpha value is -0.860. The summed E-state index contributed by atoms with van der Waals surface area (Å²) in [7, 11) is 0. The first-order valence-corrected chi connectivity index (χ1v) is 8.24. The summed E-state index contributed by atoms with van der Waals surface area (Å²) in [5.41, 5.74) is 2.91. The zero-order valence-electron chi connectivity index (χ0n) is 13.4. The lowest BCUT2D eigenvalue weighted by molar-refractivity contribution is 0.128. The number of aryl methyl sites for hydroxylation is 1. The van der Waals surface area contributed by atoms with Gasteiger partial charge in [0.25, 0.3) is 0 Å². The second-order valence-electron chi connectivity index (χ2n) is 6.18. The van der Waals surface area contributed by atoms with E-state index in [0.717, 1.165) is 18.5 Å². The fourth-order valence-corrected chi connectivity index (χ4v) is 3.29. The molecule has 0 amide bonds. The standard InChI is InChI=1S/C18H30N2/c1-4-11-19-18-10-12-20(13-16(18)5-2)14-17-9-7-6-8-15(17)3/h6-9,16,18-19H,4-5,10-14H2,1-3H3. The number of hydrogen-bond donors (Lipinski definition) is 1. The quantitative estimate of drug-likeness (QED) is 0.853. The molecule has 1 N–H and O–H groups in total. The molecule has 0 aromatic heterocycles. The van der Waals surface area contributed by atoms with Crippen LogP contribution in [0.2, 0.25) is 0 Å². The summed E-state index contributed by atoms with van der Waals surface area (Å²) >= 11 is 0. The van der Waals surface area contributed by atoms with Crippen molar-refractivity contribution in [2.24, 2.45) is 5.92 Å². The van der Waals surface area contributed by atoms with Gasteiger partial charge in [0, 0.05) is 19.1 Å². The maximum Gasteiger partial charge on any atom is 0.0236 e. The molecule has 1 aromatic carbocycles. The Bertz CT molecular complexity index is 402. The normalized spacial score (nSPS) is 23.9. The summed E-state index contributed by atoms with van der Waals surface area (Å²) < 4.78 is 0. The van der Waals surface area contributed by atoms with Crippen molar-refractivity contribution in [1.82, 2.24) is 10.2 Å². The van der Waals surface area contributed by atoms with Crippen molar-refractivity contribution in [2.75, 3.05) is 19.6 Å². The van der Waals surface area contributed by atoms with E-state index in [1.165, 1.54) is 50.0 Å². The third-order valence-corrected chi connectivity index (χ3v) is 4.65. The number of hydrogen-bond acceptors (Lipinski definition) is 2. The van der Waals surface area contributed by atoms with Crippen molar-refractivity contribution in [2.45, 2.75) is 52.6 Å². The first-order valence-electron chi connectivity index (χ1n) is 8.24. The first kappa shape index (κ1) is 15.5. The van der Waals surface area contributed by atoms with Gasteiger partial charge in [-0.3, -0.25) is 4.90 Å². The van der Waals surface area contributed by atoms with E-state index in [1.807, 2.05) is 0 Å². The SMILES string of the molecule is CCCNC1CCN(Cc2ccccc2C)CC1CC. The zero-order valence-corrected chi connectivity index (χ0v) is 13.4. The predicted octanol–water partition coefficient (Wildman–Crippen LogP) is 3.60. The largest absolute Gasteiger partial charge is 0.314 e. The van der Waals surface area contributed by atoms with Gasteiger partial charge in [-0.15, -0.1) is 0 Å². The van der Waals surface area contributed by atoms with Crippen LogP contribution < -0.4 is 5.32 Å². The molecule has 20 heavy (non-hydrogen) atoms. The predicted molar refractivity (Wildman–Crippen MR) is 86.9 cm³/mol. The van der Waals surface area contributed by atoms with Crippen LogP contribution in [-0.4, -0.2) is 30.6 Å². The Morgan fingerprint density at radius 3 is 2.75 bits per heavy atom. The van der Waals surface area contributed by atoms with Gasteiger partial charge in [-0.25, -0.2) is 0 Å². The Morgan fingerprint density at radius 1 is 1.25 bits per heavy atom. The van der Waals surface area contributed by atoms with Gasteiger partial charge in [0.1, 0.15) is 0 Å². The highest BCUT2D eigenvalue weighted by atomic mass is 15.1. The molecule has 1 fully saturated rings. The van der Waals surface area contributed by atoms with E-state index < -0.39 is 0 Å². The molecule has 2 unspecified atom stereocenters. The summed E-state index contributed by atoms with van der Waals surface area (Å²) in [6, 6.07) is 9.53. The van der Waals surface area contributed by atoms with Gasteiger partial charge >= 0.3 is 0 Å². The van der Waals surface area contributed by atoms with E-state index in [4.69, 9.17) is 0 Å². The summed E-state index contributed by atoms with van der Waals surface area (Å²) in [4.78, 5) is 2.64. The van der Waals surface area contributed by atoms with Crippen LogP contribution in [0.3, 0.4) is 0 Å². The number of nitrogens with zero attached hydrogens (tertiary/aromatic N) is 1. The Morgan fingerprint density at radius 2 is 2.05 bits per heavy atom.